The van der Waals surface area contributed by atoms with Crippen molar-refractivity contribution >= 4 is 33.4 Å². The molecule has 13 nitrogen and oxygen atoms in total. The van der Waals surface area contributed by atoms with Crippen LogP contribution in [0.3, 0.4) is 0 Å². The van der Waals surface area contributed by atoms with Gasteiger partial charge in [-0.05, 0) is 80.9 Å². The molecule has 6 rings (SSSR count). The van der Waals surface area contributed by atoms with Gasteiger partial charge in [0.1, 0.15) is 11.2 Å². The summed E-state index contributed by atoms with van der Waals surface area (Å²) in [7, 11) is -2.22. The van der Waals surface area contributed by atoms with Gasteiger partial charge in [-0.15, -0.1) is 0 Å². The molecule has 4 heterocycles. The van der Waals surface area contributed by atoms with Crippen LogP contribution < -0.4 is 5.32 Å². The zero-order valence-corrected chi connectivity index (χ0v) is 30.2. The monoisotopic (exact) mass is 721 g/mol. The van der Waals surface area contributed by atoms with Gasteiger partial charge in [0.2, 0.25) is 0 Å². The summed E-state index contributed by atoms with van der Waals surface area (Å²) in [5.41, 5.74) is 2.61. The number of carbonyl (C=O) groups excluding carboxylic acids is 3. The Hall–Kier alpha value is -5.94. The number of pyridine rings is 1. The molecule has 3 amide bonds. The molecule has 0 saturated carbocycles. The van der Waals surface area contributed by atoms with Crippen molar-refractivity contribution in [1.82, 2.24) is 34.3 Å². The van der Waals surface area contributed by atoms with E-state index in [1.807, 2.05) is 49.7 Å². The highest BCUT2D eigenvalue weighted by atomic mass is 32.2. The second kappa shape index (κ2) is 14.7. The third-order valence-electron chi connectivity index (χ3n) is 8.27. The Balaban J connectivity index is 1.22. The van der Waals surface area contributed by atoms with E-state index in [1.54, 1.807) is 59.6 Å². The number of nitrogens with one attached hydrogen (secondary N) is 1. The molecule has 0 spiro atoms. The number of nitrogens with zero attached hydrogens (tertiary/aromatic N) is 6. The molecule has 0 radical (unpaired) electrons. The van der Waals surface area contributed by atoms with Crippen molar-refractivity contribution in [1.29, 1.82) is 0 Å². The first-order valence-corrected chi connectivity index (χ1v) is 18.3. The van der Waals surface area contributed by atoms with Crippen LogP contribution in [0, 0.1) is 11.8 Å². The average Bonchev–Trinajstić information content (AvgIpc) is 3.76. The van der Waals surface area contributed by atoms with Crippen molar-refractivity contribution in [2.24, 2.45) is 7.05 Å². The van der Waals surface area contributed by atoms with Gasteiger partial charge in [-0.1, -0.05) is 17.9 Å². The number of aryl methyl sites for hydroxylation is 1. The molecular formula is C38H39N7O6S. The lowest BCUT2D eigenvalue weighted by molar-refractivity contribution is 0.0141. The van der Waals surface area contributed by atoms with Gasteiger partial charge in [-0.25, -0.2) is 18.2 Å². The molecule has 1 saturated heterocycles. The van der Waals surface area contributed by atoms with E-state index in [1.165, 1.54) is 22.9 Å². The predicted molar refractivity (Wildman–Crippen MR) is 193 cm³/mol. The minimum atomic E-state index is -3.92. The third-order valence-corrected chi connectivity index (χ3v) is 9.97. The number of hydrogen-bond donors (Lipinski definition) is 1. The van der Waals surface area contributed by atoms with Crippen LogP contribution in [-0.2, 0) is 33.9 Å². The van der Waals surface area contributed by atoms with E-state index in [4.69, 9.17) is 4.74 Å². The first-order chi connectivity index (χ1) is 24.7. The Morgan fingerprint density at radius 1 is 0.885 bits per heavy atom. The largest absolute Gasteiger partial charge is 0.444 e. The Morgan fingerprint density at radius 2 is 1.65 bits per heavy atom. The van der Waals surface area contributed by atoms with E-state index < -0.39 is 27.4 Å². The molecule has 0 unspecified atom stereocenters. The molecular weight excluding hydrogens is 683 g/mol. The third kappa shape index (κ3) is 8.67. The summed E-state index contributed by atoms with van der Waals surface area (Å²) in [5.74, 6) is 5.01. The number of benzene rings is 2. The molecule has 1 aliphatic heterocycles. The summed E-state index contributed by atoms with van der Waals surface area (Å²) < 4.78 is 36.2. The topological polar surface area (TPSA) is 148 Å². The molecule has 0 bridgehead atoms. The fraction of sp³-hybridized carbons (Fsp3) is 0.289. The van der Waals surface area contributed by atoms with E-state index in [0.717, 1.165) is 11.2 Å². The summed E-state index contributed by atoms with van der Waals surface area (Å²) >= 11 is 0. The lowest BCUT2D eigenvalue weighted by Crippen LogP contribution is -2.51. The van der Waals surface area contributed by atoms with Gasteiger partial charge in [-0.2, -0.15) is 5.10 Å². The summed E-state index contributed by atoms with van der Waals surface area (Å²) in [6.45, 7) is 7.04. The molecule has 14 heteroatoms. The Bertz CT molecular complexity index is 2320. The second-order valence-corrected chi connectivity index (χ2v) is 15.4. The van der Waals surface area contributed by atoms with Crippen LogP contribution in [0.15, 0.2) is 90.3 Å². The van der Waals surface area contributed by atoms with E-state index in [9.17, 15) is 22.8 Å². The molecule has 2 aromatic carbocycles. The number of piperazine rings is 1. The second-order valence-electron chi connectivity index (χ2n) is 13.5. The molecule has 268 valence electrons. The van der Waals surface area contributed by atoms with Crippen molar-refractivity contribution in [3.63, 3.8) is 0 Å². The first-order valence-electron chi connectivity index (χ1n) is 16.7. The summed E-state index contributed by atoms with van der Waals surface area (Å²) in [6, 6.07) is 16.5. The fourth-order valence-electron chi connectivity index (χ4n) is 5.67. The van der Waals surface area contributed by atoms with Crippen LogP contribution in [-0.4, -0.2) is 87.1 Å². The molecule has 0 aliphatic carbocycles. The predicted octanol–water partition coefficient (Wildman–Crippen LogP) is 4.06. The van der Waals surface area contributed by atoms with Crippen molar-refractivity contribution in [2.45, 2.75) is 43.6 Å². The summed E-state index contributed by atoms with van der Waals surface area (Å²) in [4.78, 5) is 46.7. The number of rotatable bonds is 7. The zero-order chi connectivity index (χ0) is 37.0. The number of fused-ring (bicyclic) bond motifs is 1. The number of ether oxygens (including phenoxy) is 1. The maximum atomic E-state index is 13.7. The van der Waals surface area contributed by atoms with Gasteiger partial charge < -0.3 is 24.3 Å². The minimum absolute atomic E-state index is 0.0398. The lowest BCUT2D eigenvalue weighted by atomic mass is 10.1. The van der Waals surface area contributed by atoms with Gasteiger partial charge in [0.25, 0.3) is 11.8 Å². The molecule has 3 aromatic heterocycles. The molecule has 0 atom stereocenters. The number of carbonyl (C=O) groups is 3. The summed E-state index contributed by atoms with van der Waals surface area (Å²) in [6.07, 6.45) is 6.63. The molecule has 1 fully saturated rings. The van der Waals surface area contributed by atoms with Crippen LogP contribution in [0.2, 0.25) is 0 Å². The van der Waals surface area contributed by atoms with Gasteiger partial charge in [-0.3, -0.25) is 14.3 Å². The van der Waals surface area contributed by atoms with E-state index in [-0.39, 0.29) is 34.2 Å². The highest BCUT2D eigenvalue weighted by molar-refractivity contribution is 7.90. The standard InChI is InChI=1S/C38H39N7O6S/c1-38(2,3)51-37(48)45-20-18-44(19-21-45)36(47)31-7-5-6-27(22-31)8-9-29-24-30(10-11-33(29)52(49,50)26-32-13-15-42(4)41-32)35(46)40-25-28-12-16-43-17-14-39-34(43)23-28/h5-7,10-17,22-24H,18-21,25-26H2,1-4H3,(H,40,46). The highest BCUT2D eigenvalue weighted by Crippen LogP contribution is 2.22. The number of imidazole rings is 1. The Morgan fingerprint density at radius 3 is 2.38 bits per heavy atom. The van der Waals surface area contributed by atoms with Crippen molar-refractivity contribution < 1.29 is 27.5 Å². The van der Waals surface area contributed by atoms with Crippen LogP contribution in [0.5, 0.6) is 0 Å². The van der Waals surface area contributed by atoms with Crippen molar-refractivity contribution in [3.05, 3.63) is 119 Å². The van der Waals surface area contributed by atoms with E-state index >= 15 is 0 Å². The Kier molecular flexibility index (Phi) is 10.2. The molecule has 52 heavy (non-hydrogen) atoms. The molecule has 1 aliphatic rings. The molecule has 5 aromatic rings. The summed E-state index contributed by atoms with van der Waals surface area (Å²) in [5, 5.41) is 7.11. The zero-order valence-electron chi connectivity index (χ0n) is 29.4. The van der Waals surface area contributed by atoms with E-state index in [2.05, 4.69) is 27.2 Å². The van der Waals surface area contributed by atoms with E-state index in [0.29, 0.717) is 43.0 Å². The normalized spacial score (nSPS) is 13.4. The molecule has 1 N–H and O–H groups in total. The Labute approximate surface area is 302 Å². The van der Waals surface area contributed by atoms with Crippen molar-refractivity contribution in [2.75, 3.05) is 26.2 Å². The number of hydrogen-bond acceptors (Lipinski definition) is 8. The van der Waals surface area contributed by atoms with Crippen LogP contribution >= 0.6 is 0 Å². The van der Waals surface area contributed by atoms with Gasteiger partial charge >= 0.3 is 6.09 Å². The van der Waals surface area contributed by atoms with Gasteiger partial charge in [0.15, 0.2) is 9.84 Å². The number of aromatic nitrogens is 4. The number of amides is 3. The average molecular weight is 722 g/mol. The highest BCUT2D eigenvalue weighted by Gasteiger charge is 2.28. The van der Waals surface area contributed by atoms with Crippen molar-refractivity contribution in [3.8, 4) is 11.8 Å². The number of sulfone groups is 1. The lowest BCUT2D eigenvalue weighted by Gasteiger charge is -2.35. The van der Waals surface area contributed by atoms with Crippen LogP contribution in [0.25, 0.3) is 5.65 Å². The maximum Gasteiger partial charge on any atom is 0.410 e. The van der Waals surface area contributed by atoms with Crippen LogP contribution in [0.4, 0.5) is 4.79 Å². The van der Waals surface area contributed by atoms with Gasteiger partial charge in [0, 0.05) is 86.8 Å². The van der Waals surface area contributed by atoms with Gasteiger partial charge in [0.05, 0.1) is 16.3 Å². The smallest absolute Gasteiger partial charge is 0.410 e. The SMILES string of the molecule is Cn1ccc(CS(=O)(=O)c2ccc(C(=O)NCc3ccn4ccnc4c3)cc2C#Cc2cccc(C(=O)N3CCN(C(=O)OC(C)(C)C)CC3)c2)n1. The maximum absolute atomic E-state index is 13.7. The first kappa shape index (κ1) is 35.9. The fourth-order valence-corrected chi connectivity index (χ4v) is 7.09. The minimum Gasteiger partial charge on any atom is -0.444 e. The van der Waals surface area contributed by atoms with Crippen LogP contribution in [0.1, 0.15) is 63.9 Å². The quantitative estimate of drug-likeness (QED) is 0.248.